The molecule has 0 amide bonds. The van der Waals surface area contributed by atoms with E-state index in [1.807, 2.05) is 0 Å². The molecule has 0 aromatic carbocycles. The van der Waals surface area contributed by atoms with Gasteiger partial charge < -0.3 is 9.64 Å². The molecule has 0 radical (unpaired) electrons. The minimum Gasteiger partial charge on any atom is -0.378 e. The lowest BCUT2D eigenvalue weighted by Crippen LogP contribution is -2.49. The van der Waals surface area contributed by atoms with Crippen molar-refractivity contribution < 1.29 is 13.2 Å². The summed E-state index contributed by atoms with van der Waals surface area (Å²) in [6, 6.07) is 2.08. The number of morpholine rings is 1. The monoisotopic (exact) mass is 459 g/mol. The Kier molecular flexibility index (Phi) is 6.29. The number of hydrogen-bond donors (Lipinski definition) is 0. The van der Waals surface area contributed by atoms with Crippen molar-refractivity contribution in [2.75, 3.05) is 57.4 Å². The largest absolute Gasteiger partial charge is 0.378 e. The number of aromatic nitrogens is 2. The van der Waals surface area contributed by atoms with Crippen LogP contribution in [0.5, 0.6) is 0 Å². The first-order valence-electron chi connectivity index (χ1n) is 9.84. The van der Waals surface area contributed by atoms with Gasteiger partial charge in [0, 0.05) is 50.7 Å². The molecule has 0 bridgehead atoms. The van der Waals surface area contributed by atoms with Crippen LogP contribution in [0.15, 0.2) is 6.07 Å². The molecule has 11 heteroatoms. The van der Waals surface area contributed by atoms with Crippen molar-refractivity contribution in [1.82, 2.24) is 19.2 Å². The standard InChI is InChI=1S/C18H26ClN5O3S2/c1-13(2)29(25,26)24-5-3-22(4-6-24)12-14-11-15-16(28-14)17(21-18(19)20-15)23-7-9-27-10-8-23/h11,13H,3-10,12H2,1-2H3. The van der Waals surface area contributed by atoms with Gasteiger partial charge in [0.2, 0.25) is 15.3 Å². The third kappa shape index (κ3) is 4.52. The Morgan fingerprint density at radius 1 is 1.14 bits per heavy atom. The van der Waals surface area contributed by atoms with Crippen LogP contribution in [-0.2, 0) is 21.3 Å². The maximum atomic E-state index is 12.4. The number of rotatable bonds is 5. The summed E-state index contributed by atoms with van der Waals surface area (Å²) in [5.74, 6) is 0.882. The van der Waals surface area contributed by atoms with Gasteiger partial charge in [0.05, 0.1) is 28.7 Å². The molecule has 4 heterocycles. The Labute approximate surface area is 180 Å². The molecule has 2 saturated heterocycles. The van der Waals surface area contributed by atoms with Crippen LogP contribution in [0.25, 0.3) is 10.2 Å². The van der Waals surface area contributed by atoms with Crippen LogP contribution < -0.4 is 4.90 Å². The minimum absolute atomic E-state index is 0.260. The number of anilines is 1. The zero-order chi connectivity index (χ0) is 20.6. The van der Waals surface area contributed by atoms with Gasteiger partial charge in [0.1, 0.15) is 0 Å². The van der Waals surface area contributed by atoms with E-state index in [1.54, 1.807) is 29.5 Å². The van der Waals surface area contributed by atoms with Crippen LogP contribution in [0.2, 0.25) is 5.28 Å². The molecule has 4 rings (SSSR count). The second kappa shape index (κ2) is 8.60. The van der Waals surface area contributed by atoms with E-state index in [2.05, 4.69) is 25.8 Å². The highest BCUT2D eigenvalue weighted by Gasteiger charge is 2.29. The Bertz CT molecular complexity index is 967. The third-order valence-corrected chi connectivity index (χ3v) is 8.90. The average Bonchev–Trinajstić information content (AvgIpc) is 3.10. The molecule has 160 valence electrons. The fourth-order valence-corrected chi connectivity index (χ4v) is 6.26. The molecule has 0 aliphatic carbocycles. The number of piperazine rings is 1. The van der Waals surface area contributed by atoms with Gasteiger partial charge in [-0.05, 0) is 31.5 Å². The van der Waals surface area contributed by atoms with Crippen molar-refractivity contribution in [3.63, 3.8) is 0 Å². The van der Waals surface area contributed by atoms with Gasteiger partial charge in [0.15, 0.2) is 5.82 Å². The maximum absolute atomic E-state index is 12.4. The van der Waals surface area contributed by atoms with Crippen LogP contribution >= 0.6 is 22.9 Å². The van der Waals surface area contributed by atoms with E-state index in [0.29, 0.717) is 26.3 Å². The summed E-state index contributed by atoms with van der Waals surface area (Å²) in [6.07, 6.45) is 0. The lowest BCUT2D eigenvalue weighted by Gasteiger charge is -2.34. The molecule has 0 saturated carbocycles. The minimum atomic E-state index is -3.18. The molecular formula is C18H26ClN5O3S2. The fraction of sp³-hybridized carbons (Fsp3) is 0.667. The summed E-state index contributed by atoms with van der Waals surface area (Å²) in [6.45, 7) is 9.72. The molecule has 0 N–H and O–H groups in total. The molecule has 0 atom stereocenters. The van der Waals surface area contributed by atoms with Crippen molar-refractivity contribution in [3.05, 3.63) is 16.2 Å². The Balaban J connectivity index is 1.48. The normalized spacial score (nSPS) is 20.1. The van der Waals surface area contributed by atoms with Gasteiger partial charge in [-0.1, -0.05) is 0 Å². The maximum Gasteiger partial charge on any atom is 0.224 e. The van der Waals surface area contributed by atoms with E-state index in [0.717, 1.165) is 48.8 Å². The summed E-state index contributed by atoms with van der Waals surface area (Å²) in [4.78, 5) is 14.6. The van der Waals surface area contributed by atoms with Crippen molar-refractivity contribution in [3.8, 4) is 0 Å². The van der Waals surface area contributed by atoms with Crippen LogP contribution in [0.3, 0.4) is 0 Å². The highest BCUT2D eigenvalue weighted by atomic mass is 35.5. The zero-order valence-electron chi connectivity index (χ0n) is 16.7. The number of fused-ring (bicyclic) bond motifs is 1. The first-order chi connectivity index (χ1) is 13.8. The predicted molar refractivity (Wildman–Crippen MR) is 116 cm³/mol. The van der Waals surface area contributed by atoms with Crippen molar-refractivity contribution in [1.29, 1.82) is 0 Å². The van der Waals surface area contributed by atoms with Gasteiger partial charge in [-0.2, -0.15) is 9.29 Å². The molecule has 2 aromatic rings. The number of sulfonamides is 1. The summed E-state index contributed by atoms with van der Waals surface area (Å²) >= 11 is 7.87. The van der Waals surface area contributed by atoms with Crippen LogP contribution in [-0.4, -0.2) is 85.3 Å². The van der Waals surface area contributed by atoms with E-state index in [-0.39, 0.29) is 10.5 Å². The lowest BCUT2D eigenvalue weighted by molar-refractivity contribution is 0.122. The molecule has 0 unspecified atom stereocenters. The number of hydrogen-bond acceptors (Lipinski definition) is 8. The van der Waals surface area contributed by atoms with Gasteiger partial charge in [-0.3, -0.25) is 4.90 Å². The number of thiophene rings is 1. The first kappa shape index (κ1) is 21.2. The van der Waals surface area contributed by atoms with Crippen molar-refractivity contribution >= 4 is 49.0 Å². The van der Waals surface area contributed by atoms with E-state index in [9.17, 15) is 8.42 Å². The first-order valence-corrected chi connectivity index (χ1v) is 12.5. The third-order valence-electron chi connectivity index (χ3n) is 5.35. The predicted octanol–water partition coefficient (Wildman–Crippen LogP) is 2.04. The van der Waals surface area contributed by atoms with E-state index >= 15 is 0 Å². The number of halogens is 1. The molecule has 0 spiro atoms. The molecule has 2 aromatic heterocycles. The Hall–Kier alpha value is -1.04. The lowest BCUT2D eigenvalue weighted by atomic mass is 10.3. The molecular weight excluding hydrogens is 434 g/mol. The topological polar surface area (TPSA) is 78.9 Å². The molecule has 2 fully saturated rings. The fourth-order valence-electron chi connectivity index (χ4n) is 3.66. The molecule has 29 heavy (non-hydrogen) atoms. The summed E-state index contributed by atoms with van der Waals surface area (Å²) in [7, 11) is -3.18. The Morgan fingerprint density at radius 2 is 1.83 bits per heavy atom. The van der Waals surface area contributed by atoms with Crippen molar-refractivity contribution in [2.24, 2.45) is 0 Å². The van der Waals surface area contributed by atoms with Crippen LogP contribution in [0.1, 0.15) is 18.7 Å². The molecule has 2 aliphatic heterocycles. The molecule has 2 aliphatic rings. The van der Waals surface area contributed by atoms with Crippen molar-refractivity contribution in [2.45, 2.75) is 25.6 Å². The summed E-state index contributed by atoms with van der Waals surface area (Å²) in [5, 5.41) is -0.116. The highest BCUT2D eigenvalue weighted by Crippen LogP contribution is 2.34. The van der Waals surface area contributed by atoms with Gasteiger partial charge >= 0.3 is 0 Å². The summed E-state index contributed by atoms with van der Waals surface area (Å²) < 4.78 is 32.8. The SMILES string of the molecule is CC(C)S(=O)(=O)N1CCN(Cc2cc3nc(Cl)nc(N4CCOCC4)c3s2)CC1. The highest BCUT2D eigenvalue weighted by molar-refractivity contribution is 7.89. The summed E-state index contributed by atoms with van der Waals surface area (Å²) in [5.41, 5.74) is 0.868. The quantitative estimate of drug-likeness (QED) is 0.633. The van der Waals surface area contributed by atoms with E-state index < -0.39 is 10.0 Å². The van der Waals surface area contributed by atoms with Gasteiger partial charge in [-0.15, -0.1) is 11.3 Å². The number of ether oxygens (including phenoxy) is 1. The smallest absolute Gasteiger partial charge is 0.224 e. The van der Waals surface area contributed by atoms with Gasteiger partial charge in [0.25, 0.3) is 0 Å². The van der Waals surface area contributed by atoms with Crippen LogP contribution in [0, 0.1) is 0 Å². The number of nitrogens with zero attached hydrogens (tertiary/aromatic N) is 5. The second-order valence-electron chi connectivity index (χ2n) is 7.61. The van der Waals surface area contributed by atoms with Crippen LogP contribution in [0.4, 0.5) is 5.82 Å². The average molecular weight is 460 g/mol. The zero-order valence-corrected chi connectivity index (χ0v) is 19.1. The molecule has 8 nitrogen and oxygen atoms in total. The van der Waals surface area contributed by atoms with Gasteiger partial charge in [-0.25, -0.2) is 13.4 Å². The Morgan fingerprint density at radius 3 is 2.48 bits per heavy atom. The van der Waals surface area contributed by atoms with E-state index in [1.165, 1.54) is 4.88 Å². The van der Waals surface area contributed by atoms with E-state index in [4.69, 9.17) is 16.3 Å². The second-order valence-corrected chi connectivity index (χ2v) is 11.6.